The summed E-state index contributed by atoms with van der Waals surface area (Å²) in [6.07, 6.45) is 0. The lowest BCUT2D eigenvalue weighted by atomic mass is 9.87. The molecule has 2 N–H and O–H groups in total. The van der Waals surface area contributed by atoms with Gasteiger partial charge in [0.25, 0.3) is 0 Å². The third-order valence-electron chi connectivity index (χ3n) is 5.40. The molecule has 1 aromatic rings. The van der Waals surface area contributed by atoms with Crippen LogP contribution in [0.4, 0.5) is 0 Å². The van der Waals surface area contributed by atoms with Crippen LogP contribution >= 0.6 is 11.8 Å². The molecule has 11 heteroatoms. The Labute approximate surface area is 195 Å². The van der Waals surface area contributed by atoms with Crippen molar-refractivity contribution in [3.8, 4) is 0 Å². The largest absolute Gasteiger partial charge is 0.480 e. The first kappa shape index (κ1) is 24.6. The minimum atomic E-state index is -1.87. The Balaban J connectivity index is 1.77. The van der Waals surface area contributed by atoms with Crippen LogP contribution in [0.1, 0.15) is 32.3 Å². The fourth-order valence-corrected chi connectivity index (χ4v) is 5.27. The highest BCUT2D eigenvalue weighted by Gasteiger charge is 2.61. The molecule has 2 aliphatic rings. The molecule has 3 unspecified atom stereocenters. The summed E-state index contributed by atoms with van der Waals surface area (Å²) in [5.74, 6) is -5.70. The van der Waals surface area contributed by atoms with Crippen LogP contribution in [-0.2, 0) is 33.4 Å². The molecular weight excluding hydrogens is 452 g/mol. The van der Waals surface area contributed by atoms with Crippen molar-refractivity contribution in [3.63, 3.8) is 0 Å². The maximum atomic E-state index is 13.1. The lowest BCUT2D eigenvalue weighted by molar-refractivity contribution is -0.172. The van der Waals surface area contributed by atoms with E-state index in [0.717, 1.165) is 18.9 Å². The number of methoxy groups -OCH3 is 1. The molecule has 2 amide bonds. The smallest absolute Gasteiger partial charge is 0.325 e. The van der Waals surface area contributed by atoms with Crippen LogP contribution in [0.3, 0.4) is 0 Å². The van der Waals surface area contributed by atoms with Gasteiger partial charge in [-0.25, -0.2) is 0 Å². The average molecular weight is 479 g/mol. The molecule has 0 spiro atoms. The van der Waals surface area contributed by atoms with Gasteiger partial charge in [0.15, 0.2) is 11.3 Å². The number of ether oxygens (including phenoxy) is 2. The number of hydrogen-bond acceptors (Lipinski definition) is 8. The van der Waals surface area contributed by atoms with E-state index in [2.05, 4.69) is 10.1 Å². The molecule has 0 bridgehead atoms. The van der Waals surface area contributed by atoms with Crippen molar-refractivity contribution in [2.45, 2.75) is 43.7 Å². The quantitative estimate of drug-likeness (QED) is 0.344. The summed E-state index contributed by atoms with van der Waals surface area (Å²) in [5.41, 5.74) is -2.27. The highest BCUT2D eigenvalue weighted by Crippen LogP contribution is 2.43. The van der Waals surface area contributed by atoms with Gasteiger partial charge in [0.05, 0.1) is 7.11 Å². The summed E-state index contributed by atoms with van der Waals surface area (Å²) in [7, 11) is 1.09. The third-order valence-corrected chi connectivity index (χ3v) is 6.93. The van der Waals surface area contributed by atoms with E-state index in [-0.39, 0.29) is 12.3 Å². The number of aliphatic carboxylic acids is 1. The van der Waals surface area contributed by atoms with Gasteiger partial charge in [0.1, 0.15) is 17.0 Å². The number of carbonyl (C=O) groups is 5. The first-order valence-corrected chi connectivity index (χ1v) is 11.3. The van der Waals surface area contributed by atoms with Crippen LogP contribution in [-0.4, -0.2) is 76.2 Å². The van der Waals surface area contributed by atoms with Crippen LogP contribution in [0, 0.1) is 5.41 Å². The zero-order valence-electron chi connectivity index (χ0n) is 18.7. The van der Waals surface area contributed by atoms with E-state index in [1.165, 1.54) is 4.90 Å². The molecule has 1 aromatic carbocycles. The number of carboxylic acids is 1. The fourth-order valence-electron chi connectivity index (χ4n) is 3.75. The van der Waals surface area contributed by atoms with Crippen molar-refractivity contribution in [3.05, 3.63) is 35.9 Å². The Hall–Kier alpha value is -3.08. The highest BCUT2D eigenvalue weighted by atomic mass is 32.2. The molecule has 0 radical (unpaired) electrons. The van der Waals surface area contributed by atoms with Crippen LogP contribution < -0.4 is 5.32 Å². The zero-order valence-corrected chi connectivity index (χ0v) is 19.5. The molecule has 33 heavy (non-hydrogen) atoms. The zero-order chi connectivity index (χ0) is 24.6. The van der Waals surface area contributed by atoms with Gasteiger partial charge in [0, 0.05) is 12.3 Å². The van der Waals surface area contributed by atoms with E-state index in [1.54, 1.807) is 51.1 Å². The summed E-state index contributed by atoms with van der Waals surface area (Å²) < 4.78 is 10.1. The van der Waals surface area contributed by atoms with Crippen molar-refractivity contribution in [2.75, 3.05) is 19.4 Å². The molecule has 0 aliphatic carbocycles. The van der Waals surface area contributed by atoms with Gasteiger partial charge in [-0.2, -0.15) is 0 Å². The van der Waals surface area contributed by atoms with E-state index in [0.29, 0.717) is 5.56 Å². The number of benzene rings is 1. The molecular formula is C22H26N2O8S. The Morgan fingerprint density at radius 1 is 1.21 bits per heavy atom. The maximum absolute atomic E-state index is 13.1. The summed E-state index contributed by atoms with van der Waals surface area (Å²) in [6.45, 7) is 4.71. The van der Waals surface area contributed by atoms with E-state index < -0.39 is 58.1 Å². The van der Waals surface area contributed by atoms with Gasteiger partial charge in [-0.3, -0.25) is 24.0 Å². The molecule has 2 fully saturated rings. The van der Waals surface area contributed by atoms with Gasteiger partial charge in [-0.05, 0) is 26.3 Å². The van der Waals surface area contributed by atoms with Crippen LogP contribution in [0.25, 0.3) is 0 Å². The number of fused-ring (bicyclic) bond motifs is 1. The van der Waals surface area contributed by atoms with Gasteiger partial charge in [-0.15, -0.1) is 11.8 Å². The van der Waals surface area contributed by atoms with Crippen LogP contribution in [0.15, 0.2) is 30.3 Å². The molecule has 2 saturated heterocycles. The summed E-state index contributed by atoms with van der Waals surface area (Å²) >= 11 is 1.06. The topological polar surface area (TPSA) is 139 Å². The van der Waals surface area contributed by atoms with Gasteiger partial charge < -0.3 is 24.8 Å². The first-order valence-electron chi connectivity index (χ1n) is 10.2. The van der Waals surface area contributed by atoms with Gasteiger partial charge >= 0.3 is 17.9 Å². The van der Waals surface area contributed by atoms with E-state index >= 15 is 0 Å². The van der Waals surface area contributed by atoms with Crippen molar-refractivity contribution >= 4 is 41.5 Å². The van der Waals surface area contributed by atoms with Crippen molar-refractivity contribution < 1.29 is 38.6 Å². The lowest BCUT2D eigenvalue weighted by Crippen LogP contribution is -2.74. The van der Waals surface area contributed by atoms with Crippen molar-refractivity contribution in [1.29, 1.82) is 0 Å². The van der Waals surface area contributed by atoms with Crippen LogP contribution in [0.2, 0.25) is 0 Å². The lowest BCUT2D eigenvalue weighted by Gasteiger charge is -2.52. The monoisotopic (exact) mass is 478 g/mol. The van der Waals surface area contributed by atoms with E-state index in [1.807, 2.05) is 0 Å². The van der Waals surface area contributed by atoms with Crippen molar-refractivity contribution in [2.24, 2.45) is 5.41 Å². The Morgan fingerprint density at radius 3 is 2.39 bits per heavy atom. The number of thioether (sulfide) groups is 1. The number of rotatable bonds is 6. The van der Waals surface area contributed by atoms with Crippen LogP contribution in [0.5, 0.6) is 0 Å². The Bertz CT molecular complexity index is 976. The second kappa shape index (κ2) is 9.05. The summed E-state index contributed by atoms with van der Waals surface area (Å²) in [5, 5.41) is 11.6. The standard InChI is InChI=1S/C22H26N2O8S/c1-21(2,3)32-18(27)13(12-8-6-5-7-9-12)15(25)23-14-16(26)24-10-22(19(28)29,20(30)31-4)11-33-17(14)24/h5-9,13-14,17H,10-11H2,1-4H3,(H,23,25)(H,28,29)/t13?,14?,17-,22?/m1/s1. The molecule has 2 aliphatic heterocycles. The highest BCUT2D eigenvalue weighted by molar-refractivity contribution is 8.00. The van der Waals surface area contributed by atoms with Crippen molar-refractivity contribution in [1.82, 2.24) is 10.2 Å². The normalized spacial score (nSPS) is 25.2. The van der Waals surface area contributed by atoms with Gasteiger partial charge in [0.2, 0.25) is 11.8 Å². The van der Waals surface area contributed by atoms with Gasteiger partial charge in [-0.1, -0.05) is 30.3 Å². The molecule has 2 heterocycles. The Kier molecular flexibility index (Phi) is 6.73. The fraction of sp³-hybridized carbons (Fsp3) is 0.500. The number of carboxylic acid groups (broad SMARTS) is 1. The number of esters is 2. The predicted molar refractivity (Wildman–Crippen MR) is 117 cm³/mol. The van der Waals surface area contributed by atoms with E-state index in [4.69, 9.17) is 4.74 Å². The number of β-lactam (4-membered cyclic amide) rings is 1. The Morgan fingerprint density at radius 2 is 1.85 bits per heavy atom. The molecule has 3 rings (SSSR count). The third kappa shape index (κ3) is 4.68. The van der Waals surface area contributed by atoms with E-state index in [9.17, 15) is 29.1 Å². The molecule has 0 saturated carbocycles. The number of amides is 2. The number of nitrogens with one attached hydrogen (secondary N) is 1. The maximum Gasteiger partial charge on any atom is 0.325 e. The predicted octanol–water partition coefficient (Wildman–Crippen LogP) is 0.756. The molecule has 4 atom stereocenters. The molecule has 0 aromatic heterocycles. The number of nitrogens with zero attached hydrogens (tertiary/aromatic N) is 1. The first-order chi connectivity index (χ1) is 15.4. The summed E-state index contributed by atoms with van der Waals surface area (Å²) in [6, 6.07) is 7.40. The second-order valence-corrected chi connectivity index (χ2v) is 10.0. The minimum absolute atomic E-state index is 0.121. The second-order valence-electron chi connectivity index (χ2n) is 8.91. The molecule has 10 nitrogen and oxygen atoms in total. The summed E-state index contributed by atoms with van der Waals surface area (Å²) in [4.78, 5) is 63.8. The minimum Gasteiger partial charge on any atom is -0.480 e. The average Bonchev–Trinajstić information content (AvgIpc) is 2.75. The SMILES string of the molecule is COC(=O)C1(C(=O)O)CS[C@@H]2C(NC(=O)C(C(=O)OC(C)(C)C)c3ccccc3)C(=O)N2C1. The number of hydrogen-bond donors (Lipinski definition) is 2. The molecule has 178 valence electrons. The number of carbonyl (C=O) groups excluding carboxylic acids is 4.